The summed E-state index contributed by atoms with van der Waals surface area (Å²) in [6, 6.07) is 19.8. The van der Waals surface area contributed by atoms with Crippen molar-refractivity contribution in [3.05, 3.63) is 71.8 Å². The molecule has 3 fully saturated rings. The Labute approximate surface area is 306 Å². The molecule has 0 N–H and O–H groups in total. The quantitative estimate of drug-likeness (QED) is 0.153. The standard InChI is InChI=1S/C20H28INO3.C20H27NO3/c1-14(15-9-7-6-8-10-15)22-13-20(5,16(11-12-21)17(22)23)18(24)25-19(2,3)4;1-14(15-9-7-6-8-10-15)21-13-19(5,17(23)24-18(2,3)4)20(11-12-20)16(21)22/h6-10,14,16H,11-13H2,1-5H3;6-10,14H,11-13H2,1-5H3/t14-,16?,20-;14-,19+/m11/s1. The van der Waals surface area contributed by atoms with Gasteiger partial charge in [-0.2, -0.15) is 0 Å². The number of rotatable bonds is 8. The van der Waals surface area contributed by atoms with Crippen LogP contribution in [0.15, 0.2) is 60.7 Å². The van der Waals surface area contributed by atoms with Gasteiger partial charge in [-0.25, -0.2) is 0 Å². The number of esters is 2. The van der Waals surface area contributed by atoms with E-state index in [0.717, 1.165) is 28.4 Å². The molecule has 5 atom stereocenters. The van der Waals surface area contributed by atoms with E-state index in [9.17, 15) is 19.2 Å². The molecule has 2 heterocycles. The zero-order valence-corrected chi connectivity index (χ0v) is 33.1. The fraction of sp³-hybridized carbons (Fsp3) is 0.600. The third-order valence-electron chi connectivity index (χ3n) is 10.4. The van der Waals surface area contributed by atoms with E-state index in [0.29, 0.717) is 19.5 Å². The second-order valence-electron chi connectivity index (χ2n) is 16.4. The summed E-state index contributed by atoms with van der Waals surface area (Å²) in [6.45, 7) is 19.9. The zero-order valence-electron chi connectivity index (χ0n) is 31.0. The van der Waals surface area contributed by atoms with Crippen LogP contribution in [0.5, 0.6) is 0 Å². The van der Waals surface area contributed by atoms with Gasteiger partial charge >= 0.3 is 11.9 Å². The minimum Gasteiger partial charge on any atom is -0.459 e. The number of carbonyl (C=O) groups is 4. The molecule has 2 amide bonds. The molecule has 0 radical (unpaired) electrons. The van der Waals surface area contributed by atoms with E-state index < -0.39 is 27.4 Å². The van der Waals surface area contributed by atoms with Gasteiger partial charge in [0.05, 0.1) is 34.2 Å². The molecule has 1 spiro atoms. The Bertz CT molecular complexity index is 1510. The number of ether oxygens (including phenoxy) is 2. The summed E-state index contributed by atoms with van der Waals surface area (Å²) in [5, 5.41) is 0. The van der Waals surface area contributed by atoms with Gasteiger partial charge in [-0.05, 0) is 99.6 Å². The highest BCUT2D eigenvalue weighted by Gasteiger charge is 2.72. The Kier molecular flexibility index (Phi) is 11.4. The van der Waals surface area contributed by atoms with Crippen LogP contribution in [0.3, 0.4) is 0 Å². The molecule has 0 bridgehead atoms. The molecule has 2 saturated heterocycles. The minimum absolute atomic E-state index is 0.0413. The van der Waals surface area contributed by atoms with Crippen LogP contribution >= 0.6 is 22.6 Å². The fourth-order valence-corrected chi connectivity index (χ4v) is 7.87. The second kappa shape index (κ2) is 14.3. The monoisotopic (exact) mass is 786 g/mol. The number of nitrogens with zero attached hydrogens (tertiary/aromatic N) is 2. The number of halogens is 1. The van der Waals surface area contributed by atoms with Crippen LogP contribution in [0.1, 0.15) is 112 Å². The Morgan fingerprint density at radius 2 is 1.22 bits per heavy atom. The van der Waals surface area contributed by atoms with Crippen molar-refractivity contribution in [1.29, 1.82) is 0 Å². The van der Waals surface area contributed by atoms with Gasteiger partial charge < -0.3 is 19.3 Å². The maximum atomic E-state index is 13.1. The molecule has 8 nitrogen and oxygen atoms in total. The van der Waals surface area contributed by atoms with Crippen molar-refractivity contribution in [2.75, 3.05) is 17.5 Å². The molecule has 3 aliphatic rings. The van der Waals surface area contributed by atoms with Gasteiger partial charge in [-0.1, -0.05) is 83.3 Å². The van der Waals surface area contributed by atoms with E-state index in [4.69, 9.17) is 9.47 Å². The number of benzene rings is 2. The van der Waals surface area contributed by atoms with Gasteiger partial charge in [-0.15, -0.1) is 0 Å². The van der Waals surface area contributed by atoms with Crippen LogP contribution in [0, 0.1) is 22.2 Å². The number of hydrogen-bond donors (Lipinski definition) is 0. The van der Waals surface area contributed by atoms with Gasteiger partial charge in [0, 0.05) is 17.5 Å². The predicted molar refractivity (Wildman–Crippen MR) is 200 cm³/mol. The summed E-state index contributed by atoms with van der Waals surface area (Å²) in [4.78, 5) is 55.7. The molecule has 2 aromatic rings. The largest absolute Gasteiger partial charge is 0.459 e. The summed E-state index contributed by atoms with van der Waals surface area (Å²) in [7, 11) is 0. The van der Waals surface area contributed by atoms with Gasteiger partial charge in [0.25, 0.3) is 0 Å². The first-order chi connectivity index (χ1) is 22.7. The lowest BCUT2D eigenvalue weighted by Crippen LogP contribution is -2.42. The Morgan fingerprint density at radius 3 is 1.65 bits per heavy atom. The van der Waals surface area contributed by atoms with Crippen LogP contribution in [-0.4, -0.2) is 62.3 Å². The van der Waals surface area contributed by atoms with E-state index in [1.54, 1.807) is 0 Å². The van der Waals surface area contributed by atoms with E-state index in [1.165, 1.54) is 0 Å². The SMILES string of the molecule is C[C@H](c1ccccc1)N1C[C@@](C)(C(=O)OC(C)(C)C)C(CCI)C1=O.C[C@H](c1ccccc1)N1C[C@@](C)(C(=O)OC(C)(C)C)C2(CC2)C1=O. The van der Waals surface area contributed by atoms with E-state index in [2.05, 4.69) is 22.6 Å². The molecule has 5 rings (SSSR count). The van der Waals surface area contributed by atoms with Crippen molar-refractivity contribution in [3.63, 3.8) is 0 Å². The van der Waals surface area contributed by atoms with Crippen molar-refractivity contribution < 1.29 is 28.7 Å². The lowest BCUT2D eigenvalue weighted by atomic mass is 9.76. The van der Waals surface area contributed by atoms with Crippen molar-refractivity contribution in [2.24, 2.45) is 22.2 Å². The van der Waals surface area contributed by atoms with Gasteiger partial charge in [0.15, 0.2) is 0 Å². The fourth-order valence-electron chi connectivity index (χ4n) is 7.25. The van der Waals surface area contributed by atoms with Crippen molar-refractivity contribution in [3.8, 4) is 0 Å². The molecule has 49 heavy (non-hydrogen) atoms. The Hall–Kier alpha value is -2.95. The van der Waals surface area contributed by atoms with Crippen molar-refractivity contribution >= 4 is 46.3 Å². The highest BCUT2D eigenvalue weighted by molar-refractivity contribution is 14.1. The van der Waals surface area contributed by atoms with Crippen LogP contribution in [0.4, 0.5) is 0 Å². The third kappa shape index (κ3) is 8.02. The summed E-state index contributed by atoms with van der Waals surface area (Å²) >= 11 is 2.27. The number of likely N-dealkylation sites (tertiary alicyclic amines) is 2. The Morgan fingerprint density at radius 1 is 0.776 bits per heavy atom. The van der Waals surface area contributed by atoms with Gasteiger partial charge in [0.2, 0.25) is 11.8 Å². The first kappa shape index (κ1) is 38.8. The van der Waals surface area contributed by atoms with Crippen LogP contribution in [-0.2, 0) is 28.7 Å². The van der Waals surface area contributed by atoms with Crippen LogP contribution in [0.2, 0.25) is 0 Å². The second-order valence-corrected chi connectivity index (χ2v) is 17.5. The molecule has 0 aromatic heterocycles. The highest BCUT2D eigenvalue weighted by atomic mass is 127. The summed E-state index contributed by atoms with van der Waals surface area (Å²) < 4.78 is 12.2. The van der Waals surface area contributed by atoms with Gasteiger partial charge in [0.1, 0.15) is 11.2 Å². The molecular weight excluding hydrogens is 731 g/mol. The molecule has 1 unspecified atom stereocenters. The average molecular weight is 787 g/mol. The van der Waals surface area contributed by atoms with Crippen molar-refractivity contribution in [2.45, 2.75) is 112 Å². The number of carbonyl (C=O) groups excluding carboxylic acids is 4. The molecule has 268 valence electrons. The highest BCUT2D eigenvalue weighted by Crippen LogP contribution is 2.65. The maximum absolute atomic E-state index is 13.1. The lowest BCUT2D eigenvalue weighted by Gasteiger charge is -2.31. The smallest absolute Gasteiger partial charge is 0.315 e. The normalized spacial score (nSPS) is 25.8. The molecule has 2 aliphatic heterocycles. The molecule has 2 aromatic carbocycles. The predicted octanol–water partition coefficient (Wildman–Crippen LogP) is 8.10. The topological polar surface area (TPSA) is 93.2 Å². The van der Waals surface area contributed by atoms with Gasteiger partial charge in [-0.3, -0.25) is 19.2 Å². The van der Waals surface area contributed by atoms with Crippen molar-refractivity contribution in [1.82, 2.24) is 9.80 Å². The number of amides is 2. The third-order valence-corrected chi connectivity index (χ3v) is 11.0. The number of alkyl halides is 1. The average Bonchev–Trinajstić information content (AvgIpc) is 3.77. The number of hydrogen-bond acceptors (Lipinski definition) is 6. The van der Waals surface area contributed by atoms with E-state index in [1.807, 2.05) is 140 Å². The zero-order chi connectivity index (χ0) is 36.6. The summed E-state index contributed by atoms with van der Waals surface area (Å²) in [6.07, 6.45) is 2.24. The lowest BCUT2D eigenvalue weighted by molar-refractivity contribution is -0.170. The maximum Gasteiger partial charge on any atom is 0.315 e. The van der Waals surface area contributed by atoms with Crippen LogP contribution < -0.4 is 0 Å². The van der Waals surface area contributed by atoms with Crippen LogP contribution in [0.25, 0.3) is 0 Å². The van der Waals surface area contributed by atoms with E-state index >= 15 is 0 Å². The first-order valence-corrected chi connectivity index (χ1v) is 19.0. The summed E-state index contributed by atoms with van der Waals surface area (Å²) in [5.41, 5.74) is -1.06. The Balaban J connectivity index is 0.000000221. The molecular formula is C40H55IN2O6. The molecule has 1 aliphatic carbocycles. The van der Waals surface area contributed by atoms with E-state index in [-0.39, 0.29) is 41.8 Å². The summed E-state index contributed by atoms with van der Waals surface area (Å²) in [5.74, 6) is -0.687. The molecule has 1 saturated carbocycles. The molecule has 9 heteroatoms. The first-order valence-electron chi connectivity index (χ1n) is 17.4. The minimum atomic E-state index is -0.807.